The Morgan fingerprint density at radius 1 is 1.08 bits per heavy atom. The van der Waals surface area contributed by atoms with E-state index in [0.29, 0.717) is 29.2 Å². The van der Waals surface area contributed by atoms with Gasteiger partial charge in [0.05, 0.1) is 33.7 Å². The predicted molar refractivity (Wildman–Crippen MR) is 93.4 cm³/mol. The van der Waals surface area contributed by atoms with Crippen molar-refractivity contribution in [1.29, 1.82) is 0 Å². The molecule has 0 aliphatic rings. The van der Waals surface area contributed by atoms with E-state index < -0.39 is 11.9 Å². The summed E-state index contributed by atoms with van der Waals surface area (Å²) < 4.78 is 15.8. The van der Waals surface area contributed by atoms with Gasteiger partial charge >= 0.3 is 5.97 Å². The molecule has 1 rings (SSSR count). The number of ether oxygens (including phenoxy) is 3. The largest absolute Gasteiger partial charge is 0.493 e. The maximum atomic E-state index is 12.2. The van der Waals surface area contributed by atoms with Crippen LogP contribution in [0.5, 0.6) is 17.2 Å². The molecule has 1 unspecified atom stereocenters. The van der Waals surface area contributed by atoms with E-state index in [1.165, 1.54) is 21.3 Å². The van der Waals surface area contributed by atoms with Gasteiger partial charge < -0.3 is 24.6 Å². The molecule has 0 aromatic heterocycles. The van der Waals surface area contributed by atoms with E-state index >= 15 is 0 Å². The SMILES string of the molecule is COc1cc(CC(=O)NCC(CC(C)C)C(=O)O)cc(OC)c1OC. The van der Waals surface area contributed by atoms with Crippen molar-refractivity contribution in [2.24, 2.45) is 11.8 Å². The molecule has 2 N–H and O–H groups in total. The Labute approximate surface area is 148 Å². The monoisotopic (exact) mass is 353 g/mol. The van der Waals surface area contributed by atoms with E-state index in [1.807, 2.05) is 13.8 Å². The molecule has 0 saturated carbocycles. The number of aliphatic carboxylic acids is 1. The number of amides is 1. The Morgan fingerprint density at radius 2 is 1.64 bits per heavy atom. The molecule has 0 heterocycles. The maximum Gasteiger partial charge on any atom is 0.308 e. The molecule has 25 heavy (non-hydrogen) atoms. The highest BCUT2D eigenvalue weighted by Gasteiger charge is 2.20. The highest BCUT2D eigenvalue weighted by molar-refractivity contribution is 5.80. The first-order chi connectivity index (χ1) is 11.8. The molecule has 0 aliphatic heterocycles. The lowest BCUT2D eigenvalue weighted by atomic mass is 9.97. The van der Waals surface area contributed by atoms with E-state index in [9.17, 15) is 14.7 Å². The van der Waals surface area contributed by atoms with Gasteiger partial charge in [0, 0.05) is 6.54 Å². The number of nitrogens with one attached hydrogen (secondary N) is 1. The van der Waals surface area contributed by atoms with E-state index in [1.54, 1.807) is 12.1 Å². The van der Waals surface area contributed by atoms with E-state index in [4.69, 9.17) is 14.2 Å². The van der Waals surface area contributed by atoms with E-state index in [0.717, 1.165) is 0 Å². The summed E-state index contributed by atoms with van der Waals surface area (Å²) in [5.74, 6) is -0.124. The van der Waals surface area contributed by atoms with Crippen LogP contribution in [0.4, 0.5) is 0 Å². The van der Waals surface area contributed by atoms with Gasteiger partial charge in [-0.15, -0.1) is 0 Å². The number of carboxylic acids is 1. The van der Waals surface area contributed by atoms with Crippen molar-refractivity contribution in [3.8, 4) is 17.2 Å². The molecule has 140 valence electrons. The minimum absolute atomic E-state index is 0.0880. The number of methoxy groups -OCH3 is 3. The summed E-state index contributed by atoms with van der Waals surface area (Å²) in [5.41, 5.74) is 0.683. The lowest BCUT2D eigenvalue weighted by Gasteiger charge is -2.16. The fourth-order valence-electron chi connectivity index (χ4n) is 2.56. The van der Waals surface area contributed by atoms with Gasteiger partial charge in [-0.2, -0.15) is 0 Å². The third kappa shape index (κ3) is 6.17. The molecule has 0 saturated heterocycles. The molecule has 0 fully saturated rings. The van der Waals surface area contributed by atoms with Crippen molar-refractivity contribution in [3.05, 3.63) is 17.7 Å². The summed E-state index contributed by atoms with van der Waals surface area (Å²) in [6, 6.07) is 3.40. The molecule has 0 spiro atoms. The highest BCUT2D eigenvalue weighted by atomic mass is 16.5. The molecular formula is C18H27NO6. The molecular weight excluding hydrogens is 326 g/mol. The van der Waals surface area contributed by atoms with Gasteiger partial charge in [-0.05, 0) is 30.0 Å². The lowest BCUT2D eigenvalue weighted by molar-refractivity contribution is -0.142. The maximum absolute atomic E-state index is 12.2. The second-order valence-corrected chi connectivity index (χ2v) is 6.18. The Morgan fingerprint density at radius 3 is 2.04 bits per heavy atom. The van der Waals surface area contributed by atoms with Crippen molar-refractivity contribution in [1.82, 2.24) is 5.32 Å². The Kier molecular flexibility index (Phi) is 8.04. The van der Waals surface area contributed by atoms with Crippen LogP contribution in [0.2, 0.25) is 0 Å². The molecule has 7 heteroatoms. The molecule has 1 atom stereocenters. The number of rotatable bonds is 10. The number of carboxylic acid groups (broad SMARTS) is 1. The predicted octanol–water partition coefficient (Wildman–Crippen LogP) is 2.12. The van der Waals surface area contributed by atoms with Crippen molar-refractivity contribution in [3.63, 3.8) is 0 Å². The standard InChI is InChI=1S/C18H27NO6/c1-11(2)6-13(18(21)22)10-19-16(20)9-12-7-14(23-3)17(25-5)15(8-12)24-4/h7-8,11,13H,6,9-10H2,1-5H3,(H,19,20)(H,21,22). The summed E-state index contributed by atoms with van der Waals surface area (Å²) in [4.78, 5) is 23.4. The van der Waals surface area contributed by atoms with Gasteiger partial charge in [0.2, 0.25) is 11.7 Å². The highest BCUT2D eigenvalue weighted by Crippen LogP contribution is 2.38. The zero-order valence-electron chi connectivity index (χ0n) is 15.4. The third-order valence-corrected chi connectivity index (χ3v) is 3.74. The fraction of sp³-hybridized carbons (Fsp3) is 0.556. The van der Waals surface area contributed by atoms with Crippen molar-refractivity contribution < 1.29 is 28.9 Å². The molecule has 0 bridgehead atoms. The van der Waals surface area contributed by atoms with Crippen LogP contribution in [0.25, 0.3) is 0 Å². The zero-order valence-corrected chi connectivity index (χ0v) is 15.4. The molecule has 1 amide bonds. The van der Waals surface area contributed by atoms with Crippen LogP contribution in [0.15, 0.2) is 12.1 Å². The smallest absolute Gasteiger partial charge is 0.308 e. The van der Waals surface area contributed by atoms with Crippen LogP contribution in [-0.2, 0) is 16.0 Å². The third-order valence-electron chi connectivity index (χ3n) is 3.74. The number of benzene rings is 1. The van der Waals surface area contributed by atoms with Gasteiger partial charge in [0.25, 0.3) is 0 Å². The van der Waals surface area contributed by atoms with Gasteiger partial charge in [0.1, 0.15) is 0 Å². The van der Waals surface area contributed by atoms with Crippen molar-refractivity contribution >= 4 is 11.9 Å². The van der Waals surface area contributed by atoms with Crippen LogP contribution in [0, 0.1) is 11.8 Å². The Balaban J connectivity index is 2.78. The second kappa shape index (κ2) is 9.76. The number of carbonyl (C=O) groups excluding carboxylic acids is 1. The molecule has 1 aromatic carbocycles. The van der Waals surface area contributed by atoms with E-state index in [-0.39, 0.29) is 24.8 Å². The van der Waals surface area contributed by atoms with Gasteiger partial charge in [-0.1, -0.05) is 13.8 Å². The normalized spacial score (nSPS) is 11.8. The van der Waals surface area contributed by atoms with Crippen LogP contribution >= 0.6 is 0 Å². The molecule has 7 nitrogen and oxygen atoms in total. The number of carbonyl (C=O) groups is 2. The number of hydrogen-bond donors (Lipinski definition) is 2. The quantitative estimate of drug-likeness (QED) is 0.669. The summed E-state index contributed by atoms with van der Waals surface area (Å²) in [6.07, 6.45) is 0.602. The zero-order chi connectivity index (χ0) is 19.0. The fourth-order valence-corrected chi connectivity index (χ4v) is 2.56. The minimum atomic E-state index is -0.901. The van der Waals surface area contributed by atoms with E-state index in [2.05, 4.69) is 5.32 Å². The summed E-state index contributed by atoms with van der Waals surface area (Å²) in [5, 5.41) is 11.9. The van der Waals surface area contributed by atoms with Crippen LogP contribution < -0.4 is 19.5 Å². The average Bonchev–Trinajstić information content (AvgIpc) is 2.56. The summed E-state index contributed by atoms with van der Waals surface area (Å²) in [6.45, 7) is 4.01. The Bertz CT molecular complexity index is 574. The number of hydrogen-bond acceptors (Lipinski definition) is 5. The lowest BCUT2D eigenvalue weighted by Crippen LogP contribution is -2.34. The topological polar surface area (TPSA) is 94.1 Å². The first-order valence-electron chi connectivity index (χ1n) is 8.10. The summed E-state index contributed by atoms with van der Waals surface area (Å²) in [7, 11) is 4.52. The molecule has 0 aliphatic carbocycles. The van der Waals surface area contributed by atoms with Gasteiger partial charge in [-0.3, -0.25) is 9.59 Å². The van der Waals surface area contributed by atoms with Crippen molar-refractivity contribution in [2.75, 3.05) is 27.9 Å². The Hall–Kier alpha value is -2.44. The second-order valence-electron chi connectivity index (χ2n) is 6.18. The van der Waals surface area contributed by atoms with Crippen LogP contribution in [-0.4, -0.2) is 44.9 Å². The minimum Gasteiger partial charge on any atom is -0.493 e. The summed E-state index contributed by atoms with van der Waals surface area (Å²) >= 11 is 0. The average molecular weight is 353 g/mol. The first kappa shape index (κ1) is 20.6. The van der Waals surface area contributed by atoms with Crippen LogP contribution in [0.1, 0.15) is 25.8 Å². The van der Waals surface area contributed by atoms with Gasteiger partial charge in [-0.25, -0.2) is 0 Å². The first-order valence-corrected chi connectivity index (χ1v) is 8.10. The molecule has 1 aromatic rings. The van der Waals surface area contributed by atoms with Crippen LogP contribution in [0.3, 0.4) is 0 Å². The van der Waals surface area contributed by atoms with Gasteiger partial charge in [0.15, 0.2) is 11.5 Å². The molecule has 0 radical (unpaired) electrons. The van der Waals surface area contributed by atoms with Crippen molar-refractivity contribution in [2.45, 2.75) is 26.7 Å².